The molecule has 0 spiro atoms. The van der Waals surface area contributed by atoms with E-state index in [1.807, 2.05) is 6.92 Å². The van der Waals surface area contributed by atoms with Crippen molar-refractivity contribution < 1.29 is 9.53 Å². The maximum Gasteiger partial charge on any atom is 0.306 e. The predicted octanol–water partition coefficient (Wildman–Crippen LogP) is 8.18. The molecule has 1 N–H and O–H groups in total. The van der Waals surface area contributed by atoms with E-state index in [2.05, 4.69) is 41.4 Å². The summed E-state index contributed by atoms with van der Waals surface area (Å²) in [4.78, 5) is 15.4. The Hall–Kier alpha value is -1.55. The van der Waals surface area contributed by atoms with E-state index in [1.54, 1.807) is 0 Å². The minimum atomic E-state index is -0.00918. The van der Waals surface area contributed by atoms with Crippen LogP contribution < -0.4 is 5.32 Å². The van der Waals surface area contributed by atoms with Crippen molar-refractivity contribution in [3.8, 4) is 0 Å². The number of anilines is 1. The minimum Gasteiger partial charge on any atom is -0.466 e. The first kappa shape index (κ1) is 28.5. The van der Waals surface area contributed by atoms with Crippen LogP contribution in [0, 0.1) is 17.8 Å². The molecule has 0 aliphatic heterocycles. The van der Waals surface area contributed by atoms with E-state index in [9.17, 15) is 4.79 Å². The molecule has 0 radical (unpaired) electrons. The molecule has 3 aliphatic carbocycles. The fraction of sp³-hybridized carbons (Fsp3) is 0.788. The number of nitrogens with one attached hydrogen (secondary N) is 1. The third-order valence-corrected chi connectivity index (χ3v) is 9.50. The molecule has 1 aromatic rings. The number of hydrogen-bond acceptors (Lipinski definition) is 4. The molecule has 3 saturated carbocycles. The molecule has 0 heterocycles. The van der Waals surface area contributed by atoms with Crippen LogP contribution in [0.3, 0.4) is 0 Å². The van der Waals surface area contributed by atoms with Crippen LogP contribution in [0.4, 0.5) is 5.69 Å². The van der Waals surface area contributed by atoms with Gasteiger partial charge in [0, 0.05) is 37.8 Å². The summed E-state index contributed by atoms with van der Waals surface area (Å²) in [5.41, 5.74) is 2.69. The van der Waals surface area contributed by atoms with Crippen molar-refractivity contribution in [1.82, 2.24) is 4.90 Å². The van der Waals surface area contributed by atoms with E-state index in [1.165, 1.54) is 95.0 Å². The van der Waals surface area contributed by atoms with Crippen LogP contribution in [0.5, 0.6) is 0 Å². The Balaban J connectivity index is 1.54. The minimum absolute atomic E-state index is 0.00918. The Labute approximate surface area is 227 Å². The van der Waals surface area contributed by atoms with Crippen LogP contribution in [-0.2, 0) is 9.53 Å². The van der Waals surface area contributed by atoms with Gasteiger partial charge in [-0.1, -0.05) is 57.6 Å². The average molecular weight is 511 g/mol. The lowest BCUT2D eigenvalue weighted by atomic mass is 9.72. The van der Waals surface area contributed by atoms with Crippen molar-refractivity contribution in [2.75, 3.05) is 31.6 Å². The summed E-state index contributed by atoms with van der Waals surface area (Å²) in [6, 6.07) is 9.91. The second-order valence-electron chi connectivity index (χ2n) is 12.4. The van der Waals surface area contributed by atoms with Gasteiger partial charge in [-0.15, -0.1) is 0 Å². The van der Waals surface area contributed by atoms with Crippen LogP contribution >= 0.6 is 0 Å². The van der Waals surface area contributed by atoms with Crippen LogP contribution in [0.25, 0.3) is 0 Å². The number of esters is 1. The highest BCUT2D eigenvalue weighted by atomic mass is 16.5. The molecule has 0 saturated heterocycles. The van der Waals surface area contributed by atoms with Crippen LogP contribution in [0.15, 0.2) is 24.3 Å². The summed E-state index contributed by atoms with van der Waals surface area (Å²) in [6.45, 7) is 8.21. The van der Waals surface area contributed by atoms with Crippen molar-refractivity contribution >= 4 is 11.7 Å². The molecule has 4 rings (SSSR count). The lowest BCUT2D eigenvalue weighted by Gasteiger charge is -2.46. The summed E-state index contributed by atoms with van der Waals surface area (Å²) in [5.74, 6) is 2.67. The number of hydrogen-bond donors (Lipinski definition) is 1. The highest BCUT2D eigenvalue weighted by molar-refractivity contribution is 5.69. The van der Waals surface area contributed by atoms with Gasteiger partial charge >= 0.3 is 5.97 Å². The van der Waals surface area contributed by atoms with E-state index in [-0.39, 0.29) is 5.97 Å². The Morgan fingerprint density at radius 1 is 0.838 bits per heavy atom. The fourth-order valence-electron chi connectivity index (χ4n) is 7.54. The highest BCUT2D eigenvalue weighted by Crippen LogP contribution is 2.42. The van der Waals surface area contributed by atoms with E-state index >= 15 is 0 Å². The first-order valence-corrected chi connectivity index (χ1v) is 15.9. The topological polar surface area (TPSA) is 41.6 Å². The van der Waals surface area contributed by atoms with Gasteiger partial charge in [0.15, 0.2) is 0 Å². The Morgan fingerprint density at radius 3 is 2.03 bits per heavy atom. The fourth-order valence-corrected chi connectivity index (χ4v) is 7.54. The van der Waals surface area contributed by atoms with Crippen molar-refractivity contribution in [1.29, 1.82) is 0 Å². The smallest absolute Gasteiger partial charge is 0.306 e. The van der Waals surface area contributed by atoms with Gasteiger partial charge in [0.1, 0.15) is 0 Å². The third-order valence-electron chi connectivity index (χ3n) is 9.50. The van der Waals surface area contributed by atoms with Gasteiger partial charge in [-0.2, -0.15) is 0 Å². The van der Waals surface area contributed by atoms with Gasteiger partial charge in [-0.05, 0) is 99.7 Å². The zero-order valence-corrected chi connectivity index (χ0v) is 23.9. The molecule has 1 unspecified atom stereocenters. The number of ether oxygens (including phenoxy) is 1. The van der Waals surface area contributed by atoms with Crippen LogP contribution in [0.2, 0.25) is 0 Å². The van der Waals surface area contributed by atoms with Gasteiger partial charge in [-0.25, -0.2) is 0 Å². The molecule has 208 valence electrons. The summed E-state index contributed by atoms with van der Waals surface area (Å²) in [7, 11) is 0. The predicted molar refractivity (Wildman–Crippen MR) is 155 cm³/mol. The third kappa shape index (κ3) is 8.73. The Kier molecular flexibility index (Phi) is 11.6. The molecule has 4 nitrogen and oxygen atoms in total. The monoisotopic (exact) mass is 510 g/mol. The number of benzene rings is 1. The molecule has 0 bridgehead atoms. The standard InChI is InChI=1S/C33H54N2O2/c1-3-21-34-30-18-16-29(17-19-30)31-22-28(23-33(36)37-4-2)15-20-32(31)35(24-26-11-7-5-8-12-26)25-27-13-9-6-10-14-27/h16-19,26-28,31-32,34H,3-15,20-25H2,1-2H3/t28-,31?,32-/m1/s1. The molecule has 3 fully saturated rings. The first-order valence-electron chi connectivity index (χ1n) is 15.9. The van der Waals surface area contributed by atoms with E-state index < -0.39 is 0 Å². The Morgan fingerprint density at radius 2 is 1.46 bits per heavy atom. The number of nitrogens with zero attached hydrogens (tertiary/aromatic N) is 1. The van der Waals surface area contributed by atoms with Gasteiger partial charge in [0.05, 0.1) is 6.61 Å². The van der Waals surface area contributed by atoms with Crippen molar-refractivity contribution in [2.24, 2.45) is 17.8 Å². The molecule has 0 amide bonds. The molecular formula is C33H54N2O2. The molecule has 1 aromatic carbocycles. The maximum absolute atomic E-state index is 12.4. The van der Waals surface area contributed by atoms with Crippen LogP contribution in [-0.4, -0.2) is 43.2 Å². The first-order chi connectivity index (χ1) is 18.2. The average Bonchev–Trinajstić information content (AvgIpc) is 2.93. The molecule has 3 atom stereocenters. The SMILES string of the molecule is CCCNc1ccc(C2C[C@H](CC(=O)OCC)CC[C@H]2N(CC2CCCCC2)CC2CCCCC2)cc1. The van der Waals surface area contributed by atoms with E-state index in [0.29, 0.717) is 30.9 Å². The second kappa shape index (κ2) is 15.1. The Bertz CT molecular complexity index is 762. The van der Waals surface area contributed by atoms with E-state index in [0.717, 1.165) is 37.6 Å². The summed E-state index contributed by atoms with van der Waals surface area (Å²) < 4.78 is 5.36. The summed E-state index contributed by atoms with van der Waals surface area (Å²) >= 11 is 0. The number of carbonyl (C=O) groups is 1. The van der Waals surface area contributed by atoms with Crippen molar-refractivity contribution in [3.63, 3.8) is 0 Å². The van der Waals surface area contributed by atoms with Crippen molar-refractivity contribution in [2.45, 2.75) is 122 Å². The highest BCUT2D eigenvalue weighted by Gasteiger charge is 2.37. The number of rotatable bonds is 12. The van der Waals surface area contributed by atoms with Gasteiger partial charge in [-0.3, -0.25) is 9.69 Å². The number of carbonyl (C=O) groups excluding carboxylic acids is 1. The molecule has 3 aliphatic rings. The lowest BCUT2D eigenvalue weighted by molar-refractivity contribution is -0.144. The second-order valence-corrected chi connectivity index (χ2v) is 12.4. The summed E-state index contributed by atoms with van der Waals surface area (Å²) in [6.07, 6.45) is 19.4. The quantitative estimate of drug-likeness (QED) is 0.288. The van der Waals surface area contributed by atoms with Gasteiger partial charge < -0.3 is 10.1 Å². The zero-order valence-electron chi connectivity index (χ0n) is 23.9. The zero-order chi connectivity index (χ0) is 25.9. The largest absolute Gasteiger partial charge is 0.466 e. The normalized spacial score (nSPS) is 25.8. The summed E-state index contributed by atoms with van der Waals surface area (Å²) in [5, 5.41) is 3.54. The van der Waals surface area contributed by atoms with Crippen LogP contribution in [0.1, 0.15) is 122 Å². The maximum atomic E-state index is 12.4. The van der Waals surface area contributed by atoms with E-state index in [4.69, 9.17) is 4.74 Å². The lowest BCUT2D eigenvalue weighted by Crippen LogP contribution is -2.47. The molecule has 4 heteroatoms. The molecular weight excluding hydrogens is 456 g/mol. The van der Waals surface area contributed by atoms with Gasteiger partial charge in [0.2, 0.25) is 0 Å². The van der Waals surface area contributed by atoms with Gasteiger partial charge in [0.25, 0.3) is 0 Å². The molecule has 37 heavy (non-hydrogen) atoms. The van der Waals surface area contributed by atoms with Crippen molar-refractivity contribution in [3.05, 3.63) is 29.8 Å². The molecule has 0 aromatic heterocycles.